The predicted octanol–water partition coefficient (Wildman–Crippen LogP) is 3.06. The Labute approximate surface area is 85.8 Å². The zero-order valence-electron chi connectivity index (χ0n) is 5.42. The summed E-state index contributed by atoms with van der Waals surface area (Å²) in [6.45, 7) is 0. The van der Waals surface area contributed by atoms with Crippen LogP contribution >= 0.6 is 39.1 Å². The van der Waals surface area contributed by atoms with Crippen molar-refractivity contribution in [3.63, 3.8) is 0 Å². The predicted molar refractivity (Wildman–Crippen MR) is 48.6 cm³/mol. The molecule has 0 spiro atoms. The zero-order chi connectivity index (χ0) is 9.30. The van der Waals surface area contributed by atoms with Crippen LogP contribution in [0.15, 0.2) is 10.5 Å². The number of nitrogens with zero attached hydrogens (tertiary/aromatic N) is 2. The first-order valence-corrected chi connectivity index (χ1v) is 4.23. The largest absolute Gasteiger partial charge is 0.320 e. The molecule has 0 N–H and O–H groups in total. The molecule has 0 bridgehead atoms. The van der Waals surface area contributed by atoms with Crippen LogP contribution in [0.25, 0.3) is 0 Å². The fourth-order valence-electron chi connectivity index (χ4n) is 0.613. The molecule has 0 radical (unpaired) electrons. The minimum atomic E-state index is -0.629. The third-order valence-electron chi connectivity index (χ3n) is 1.05. The summed E-state index contributed by atoms with van der Waals surface area (Å²) >= 11 is 13.9. The van der Waals surface area contributed by atoms with Crippen LogP contribution in [-0.2, 0) is 0 Å². The van der Waals surface area contributed by atoms with Crippen molar-refractivity contribution in [2.24, 2.45) is 0 Å². The normalized spacial score (nSPS) is 9.92. The van der Waals surface area contributed by atoms with Gasteiger partial charge in [0.05, 0.1) is 4.92 Å². The standard InChI is InChI=1S/C5HBrCl2N2O2/c6-2-1-3(7)9-5(8)4(2)10(11)12/h1H. The molecule has 0 aliphatic rings. The number of hydrogen-bond donors (Lipinski definition) is 0. The Hall–Kier alpha value is -0.390. The van der Waals surface area contributed by atoms with Gasteiger partial charge in [-0.15, -0.1) is 0 Å². The van der Waals surface area contributed by atoms with Gasteiger partial charge in [0.1, 0.15) is 9.63 Å². The van der Waals surface area contributed by atoms with Crippen LogP contribution < -0.4 is 0 Å². The van der Waals surface area contributed by atoms with Crippen molar-refractivity contribution in [1.82, 2.24) is 4.98 Å². The lowest BCUT2D eigenvalue weighted by molar-refractivity contribution is -0.385. The smallest absolute Gasteiger partial charge is 0.258 e. The molecule has 0 atom stereocenters. The van der Waals surface area contributed by atoms with Gasteiger partial charge in [-0.2, -0.15) is 0 Å². The van der Waals surface area contributed by atoms with Gasteiger partial charge in [0, 0.05) is 0 Å². The first-order chi connectivity index (χ1) is 5.52. The molecule has 1 aromatic rings. The molecule has 7 heteroatoms. The lowest BCUT2D eigenvalue weighted by Gasteiger charge is -1.97. The maximum Gasteiger partial charge on any atom is 0.320 e. The van der Waals surface area contributed by atoms with E-state index in [0.29, 0.717) is 0 Å². The maximum atomic E-state index is 10.4. The van der Waals surface area contributed by atoms with E-state index in [1.54, 1.807) is 0 Å². The van der Waals surface area contributed by atoms with E-state index in [2.05, 4.69) is 20.9 Å². The molecule has 0 unspecified atom stereocenters. The van der Waals surface area contributed by atoms with E-state index in [4.69, 9.17) is 23.2 Å². The number of rotatable bonds is 1. The van der Waals surface area contributed by atoms with Crippen molar-refractivity contribution in [1.29, 1.82) is 0 Å². The summed E-state index contributed by atoms with van der Waals surface area (Å²) in [5, 5.41) is 10.2. The number of pyridine rings is 1. The fourth-order valence-corrected chi connectivity index (χ4v) is 1.91. The Morgan fingerprint density at radius 1 is 1.58 bits per heavy atom. The lowest BCUT2D eigenvalue weighted by Crippen LogP contribution is -1.92. The van der Waals surface area contributed by atoms with Gasteiger partial charge in [0.15, 0.2) is 0 Å². The topological polar surface area (TPSA) is 56.0 Å². The van der Waals surface area contributed by atoms with E-state index in [0.717, 1.165) is 0 Å². The van der Waals surface area contributed by atoms with Gasteiger partial charge in [-0.25, -0.2) is 4.98 Å². The molecule has 0 aliphatic carbocycles. The van der Waals surface area contributed by atoms with Crippen LogP contribution in [0.1, 0.15) is 0 Å². The summed E-state index contributed by atoms with van der Waals surface area (Å²) < 4.78 is 0.220. The Kier molecular flexibility index (Phi) is 2.87. The van der Waals surface area contributed by atoms with E-state index in [1.807, 2.05) is 0 Å². The van der Waals surface area contributed by atoms with Crippen molar-refractivity contribution < 1.29 is 4.92 Å². The summed E-state index contributed by atoms with van der Waals surface area (Å²) in [7, 11) is 0. The van der Waals surface area contributed by atoms with Gasteiger partial charge < -0.3 is 0 Å². The number of nitro groups is 1. The second-order valence-electron chi connectivity index (χ2n) is 1.82. The maximum absolute atomic E-state index is 10.4. The second kappa shape index (κ2) is 3.55. The molecule has 0 saturated carbocycles. The average Bonchev–Trinajstić information content (AvgIpc) is 1.82. The zero-order valence-corrected chi connectivity index (χ0v) is 8.52. The van der Waals surface area contributed by atoms with Gasteiger partial charge >= 0.3 is 5.69 Å². The summed E-state index contributed by atoms with van der Waals surface area (Å²) in [4.78, 5) is 13.2. The van der Waals surface area contributed by atoms with Crippen LogP contribution in [0, 0.1) is 10.1 Å². The number of halogens is 3. The van der Waals surface area contributed by atoms with Crippen LogP contribution in [0.5, 0.6) is 0 Å². The molecular formula is C5HBrCl2N2O2. The van der Waals surface area contributed by atoms with E-state index < -0.39 is 4.92 Å². The molecular weight excluding hydrogens is 271 g/mol. The van der Waals surface area contributed by atoms with E-state index in [1.165, 1.54) is 6.07 Å². The minimum absolute atomic E-state index is 0.109. The SMILES string of the molecule is O=[N+]([O-])c1c(Br)cc(Cl)nc1Cl. The van der Waals surface area contributed by atoms with Gasteiger partial charge in [-0.05, 0) is 22.0 Å². The Morgan fingerprint density at radius 3 is 2.58 bits per heavy atom. The van der Waals surface area contributed by atoms with E-state index >= 15 is 0 Å². The Bertz CT molecular complexity index is 321. The number of aromatic nitrogens is 1. The second-order valence-corrected chi connectivity index (χ2v) is 3.42. The Balaban J connectivity index is 3.38. The number of hydrogen-bond acceptors (Lipinski definition) is 3. The third kappa shape index (κ3) is 1.85. The molecule has 1 rings (SSSR count). The van der Waals surface area contributed by atoms with E-state index in [9.17, 15) is 10.1 Å². The molecule has 64 valence electrons. The molecule has 0 aliphatic heterocycles. The summed E-state index contributed by atoms with van der Waals surface area (Å²) in [6.07, 6.45) is 0. The van der Waals surface area contributed by atoms with Crippen LogP contribution in [0.2, 0.25) is 10.3 Å². The highest BCUT2D eigenvalue weighted by Crippen LogP contribution is 2.32. The highest BCUT2D eigenvalue weighted by molar-refractivity contribution is 9.10. The Morgan fingerprint density at radius 2 is 2.17 bits per heavy atom. The quantitative estimate of drug-likeness (QED) is 0.448. The van der Waals surface area contributed by atoms with Crippen LogP contribution in [0.3, 0.4) is 0 Å². The first-order valence-electron chi connectivity index (χ1n) is 2.68. The summed E-state index contributed by atoms with van der Waals surface area (Å²) in [5.74, 6) is 0. The van der Waals surface area contributed by atoms with Gasteiger partial charge in [0.2, 0.25) is 5.15 Å². The molecule has 1 heterocycles. The summed E-state index contributed by atoms with van der Waals surface area (Å²) in [5.41, 5.74) is -0.277. The van der Waals surface area contributed by atoms with Crippen molar-refractivity contribution in [3.8, 4) is 0 Å². The molecule has 0 amide bonds. The highest BCUT2D eigenvalue weighted by Gasteiger charge is 2.19. The highest BCUT2D eigenvalue weighted by atomic mass is 79.9. The lowest BCUT2D eigenvalue weighted by atomic mass is 10.4. The van der Waals surface area contributed by atoms with Crippen molar-refractivity contribution in [2.75, 3.05) is 0 Å². The monoisotopic (exact) mass is 270 g/mol. The molecule has 1 aromatic heterocycles. The van der Waals surface area contributed by atoms with Crippen LogP contribution in [0.4, 0.5) is 5.69 Å². The first kappa shape index (κ1) is 9.70. The fraction of sp³-hybridized carbons (Fsp3) is 0. The van der Waals surface area contributed by atoms with Crippen molar-refractivity contribution >= 4 is 44.8 Å². The molecule has 4 nitrogen and oxygen atoms in total. The van der Waals surface area contributed by atoms with Crippen LogP contribution in [-0.4, -0.2) is 9.91 Å². The van der Waals surface area contributed by atoms with Crippen molar-refractivity contribution in [3.05, 3.63) is 31.0 Å². The molecule has 0 aromatic carbocycles. The summed E-state index contributed by atoms with van der Waals surface area (Å²) in [6, 6.07) is 1.31. The van der Waals surface area contributed by atoms with Crippen molar-refractivity contribution in [2.45, 2.75) is 0 Å². The molecule has 0 fully saturated rings. The van der Waals surface area contributed by atoms with E-state index in [-0.39, 0.29) is 20.5 Å². The molecule has 12 heavy (non-hydrogen) atoms. The molecule has 0 saturated heterocycles. The minimum Gasteiger partial charge on any atom is -0.258 e. The van der Waals surface area contributed by atoms with Gasteiger partial charge in [-0.1, -0.05) is 23.2 Å². The third-order valence-corrected chi connectivity index (χ3v) is 2.12. The van der Waals surface area contributed by atoms with Gasteiger partial charge in [0.25, 0.3) is 0 Å². The van der Waals surface area contributed by atoms with Gasteiger partial charge in [-0.3, -0.25) is 10.1 Å². The average molecular weight is 272 g/mol.